The Kier molecular flexibility index (Phi) is 3.31. The highest BCUT2D eigenvalue weighted by Gasteiger charge is 2.12. The van der Waals surface area contributed by atoms with Crippen LogP contribution in [0.3, 0.4) is 0 Å². The normalized spacial score (nSPS) is 10.2. The molecule has 0 N–H and O–H groups in total. The highest BCUT2D eigenvalue weighted by molar-refractivity contribution is 7.13. The van der Waals surface area contributed by atoms with E-state index in [0.29, 0.717) is 16.5 Å². The van der Waals surface area contributed by atoms with Crippen LogP contribution in [0.1, 0.15) is 0 Å². The molecule has 0 fully saturated rings. The number of thiazole rings is 1. The van der Waals surface area contributed by atoms with Crippen LogP contribution in [0.25, 0.3) is 10.6 Å². The summed E-state index contributed by atoms with van der Waals surface area (Å²) in [5.41, 5.74) is 0.928. The van der Waals surface area contributed by atoms with Gasteiger partial charge in [-0.25, -0.2) is 4.98 Å². The number of hydrogen-bond acceptors (Lipinski definition) is 4. The summed E-state index contributed by atoms with van der Waals surface area (Å²) >= 11 is 7.65. The van der Waals surface area contributed by atoms with Gasteiger partial charge in [0.1, 0.15) is 5.01 Å². The number of rotatable bonds is 3. The van der Waals surface area contributed by atoms with E-state index in [2.05, 4.69) is 4.98 Å². The smallest absolute Gasteiger partial charge is 0.179 e. The van der Waals surface area contributed by atoms with Crippen molar-refractivity contribution in [1.82, 2.24) is 4.98 Å². The summed E-state index contributed by atoms with van der Waals surface area (Å²) in [6, 6.07) is 3.69. The second kappa shape index (κ2) is 4.72. The van der Waals surface area contributed by atoms with Crippen molar-refractivity contribution in [2.75, 3.05) is 14.2 Å². The van der Waals surface area contributed by atoms with Gasteiger partial charge in [0, 0.05) is 17.1 Å². The Labute approximate surface area is 103 Å². The van der Waals surface area contributed by atoms with Crippen LogP contribution in [0.15, 0.2) is 23.7 Å². The Morgan fingerprint density at radius 3 is 2.62 bits per heavy atom. The van der Waals surface area contributed by atoms with Gasteiger partial charge < -0.3 is 9.47 Å². The van der Waals surface area contributed by atoms with Crippen molar-refractivity contribution in [2.24, 2.45) is 0 Å². The molecule has 1 heterocycles. The van der Waals surface area contributed by atoms with E-state index in [1.54, 1.807) is 31.8 Å². The summed E-state index contributed by atoms with van der Waals surface area (Å²) in [6.07, 6.45) is 1.75. The maximum atomic E-state index is 6.10. The van der Waals surface area contributed by atoms with Gasteiger partial charge in [0.15, 0.2) is 11.5 Å². The number of halogens is 1. The molecule has 0 saturated heterocycles. The Hall–Kier alpha value is -1.26. The van der Waals surface area contributed by atoms with E-state index in [9.17, 15) is 0 Å². The lowest BCUT2D eigenvalue weighted by molar-refractivity contribution is 0.355. The first-order valence-electron chi connectivity index (χ1n) is 4.57. The number of benzene rings is 1. The van der Waals surface area contributed by atoms with Gasteiger partial charge in [-0.2, -0.15) is 0 Å². The van der Waals surface area contributed by atoms with Gasteiger partial charge >= 0.3 is 0 Å². The van der Waals surface area contributed by atoms with E-state index >= 15 is 0 Å². The van der Waals surface area contributed by atoms with Gasteiger partial charge in [-0.05, 0) is 12.1 Å². The van der Waals surface area contributed by atoms with Crippen LogP contribution >= 0.6 is 22.9 Å². The molecule has 0 aliphatic carbocycles. The number of aromatic nitrogens is 1. The highest BCUT2D eigenvalue weighted by atomic mass is 35.5. The zero-order valence-corrected chi connectivity index (χ0v) is 10.4. The lowest BCUT2D eigenvalue weighted by Gasteiger charge is -2.10. The molecule has 0 bridgehead atoms. The van der Waals surface area contributed by atoms with E-state index in [4.69, 9.17) is 21.1 Å². The molecule has 1 aromatic carbocycles. The molecule has 5 heteroatoms. The van der Waals surface area contributed by atoms with E-state index in [1.165, 1.54) is 0 Å². The summed E-state index contributed by atoms with van der Waals surface area (Å²) in [4.78, 5) is 4.22. The van der Waals surface area contributed by atoms with Crippen LogP contribution in [0.4, 0.5) is 0 Å². The molecule has 84 valence electrons. The quantitative estimate of drug-likeness (QED) is 0.841. The van der Waals surface area contributed by atoms with Gasteiger partial charge in [0.2, 0.25) is 0 Å². The minimum atomic E-state index is 0.520. The van der Waals surface area contributed by atoms with Gasteiger partial charge in [-0.15, -0.1) is 11.3 Å². The second-order valence-corrected chi connectivity index (χ2v) is 4.33. The molecular formula is C11H10ClNO2S. The van der Waals surface area contributed by atoms with Gasteiger partial charge in [0.05, 0.1) is 19.2 Å². The molecular weight excluding hydrogens is 246 g/mol. The van der Waals surface area contributed by atoms with Crippen molar-refractivity contribution in [3.8, 4) is 22.1 Å². The highest BCUT2D eigenvalue weighted by Crippen LogP contribution is 2.39. The summed E-state index contributed by atoms with van der Waals surface area (Å²) in [5, 5.41) is 3.34. The first-order chi connectivity index (χ1) is 7.76. The Morgan fingerprint density at radius 2 is 2.06 bits per heavy atom. The average Bonchev–Trinajstić information content (AvgIpc) is 2.81. The molecule has 0 spiro atoms. The molecule has 2 rings (SSSR count). The predicted octanol–water partition coefficient (Wildman–Crippen LogP) is 3.48. The van der Waals surface area contributed by atoms with Crippen LogP contribution in [0, 0.1) is 0 Å². The molecule has 16 heavy (non-hydrogen) atoms. The predicted molar refractivity (Wildman–Crippen MR) is 65.7 cm³/mol. The maximum Gasteiger partial charge on any atom is 0.179 e. The van der Waals surface area contributed by atoms with Crippen molar-refractivity contribution < 1.29 is 9.47 Å². The summed E-state index contributed by atoms with van der Waals surface area (Å²) in [7, 11) is 3.15. The van der Waals surface area contributed by atoms with Crippen LogP contribution in [0.2, 0.25) is 5.02 Å². The van der Waals surface area contributed by atoms with Crippen LogP contribution in [-0.2, 0) is 0 Å². The molecule has 0 atom stereocenters. The third-order valence-corrected chi connectivity index (χ3v) is 3.22. The van der Waals surface area contributed by atoms with Crippen molar-refractivity contribution in [1.29, 1.82) is 0 Å². The monoisotopic (exact) mass is 255 g/mol. The van der Waals surface area contributed by atoms with E-state index in [1.807, 2.05) is 17.5 Å². The molecule has 0 amide bonds. The lowest BCUT2D eigenvalue weighted by Crippen LogP contribution is -1.92. The van der Waals surface area contributed by atoms with E-state index in [-0.39, 0.29) is 0 Å². The fraction of sp³-hybridized carbons (Fsp3) is 0.182. The molecule has 0 radical (unpaired) electrons. The number of methoxy groups -OCH3 is 2. The van der Waals surface area contributed by atoms with Crippen molar-refractivity contribution in [2.45, 2.75) is 0 Å². The fourth-order valence-corrected chi connectivity index (χ4v) is 2.32. The average molecular weight is 256 g/mol. The number of nitrogens with zero attached hydrogens (tertiary/aromatic N) is 1. The number of hydrogen-bond donors (Lipinski definition) is 0. The standard InChI is InChI=1S/C11H10ClNO2S/c1-14-9-6-7(11-13-3-4-16-11)5-8(12)10(9)15-2/h3-6H,1-2H3. The first-order valence-corrected chi connectivity index (χ1v) is 5.83. The fourth-order valence-electron chi connectivity index (χ4n) is 1.41. The summed E-state index contributed by atoms with van der Waals surface area (Å²) in [6.45, 7) is 0. The van der Waals surface area contributed by atoms with E-state index < -0.39 is 0 Å². The topological polar surface area (TPSA) is 31.4 Å². The molecule has 2 aromatic rings. The largest absolute Gasteiger partial charge is 0.493 e. The van der Waals surface area contributed by atoms with Crippen LogP contribution in [0.5, 0.6) is 11.5 Å². The van der Waals surface area contributed by atoms with Crippen molar-refractivity contribution in [3.63, 3.8) is 0 Å². The lowest BCUT2D eigenvalue weighted by atomic mass is 10.2. The molecule has 3 nitrogen and oxygen atoms in total. The van der Waals surface area contributed by atoms with E-state index in [0.717, 1.165) is 10.6 Å². The third-order valence-electron chi connectivity index (χ3n) is 2.11. The molecule has 1 aromatic heterocycles. The number of ether oxygens (including phenoxy) is 2. The zero-order chi connectivity index (χ0) is 11.5. The van der Waals surface area contributed by atoms with Crippen LogP contribution < -0.4 is 9.47 Å². The van der Waals surface area contributed by atoms with Gasteiger partial charge in [-0.1, -0.05) is 11.6 Å². The summed E-state index contributed by atoms with van der Waals surface area (Å²) < 4.78 is 10.4. The minimum Gasteiger partial charge on any atom is -0.493 e. The Bertz CT molecular complexity index is 485. The third kappa shape index (κ3) is 1.99. The van der Waals surface area contributed by atoms with Crippen molar-refractivity contribution >= 4 is 22.9 Å². The van der Waals surface area contributed by atoms with Crippen molar-refractivity contribution in [3.05, 3.63) is 28.7 Å². The second-order valence-electron chi connectivity index (χ2n) is 3.03. The molecule has 0 saturated carbocycles. The molecule has 0 aliphatic heterocycles. The first kappa shape index (κ1) is 11.2. The Morgan fingerprint density at radius 1 is 1.25 bits per heavy atom. The summed E-state index contributed by atoms with van der Waals surface area (Å²) in [5.74, 6) is 1.16. The van der Waals surface area contributed by atoms with Gasteiger partial charge in [0.25, 0.3) is 0 Å². The zero-order valence-electron chi connectivity index (χ0n) is 8.86. The molecule has 0 aliphatic rings. The van der Waals surface area contributed by atoms with Crippen LogP contribution in [-0.4, -0.2) is 19.2 Å². The SMILES string of the molecule is COc1cc(-c2nccs2)cc(Cl)c1OC. The molecule has 0 unspecified atom stereocenters. The maximum absolute atomic E-state index is 6.10. The van der Waals surface area contributed by atoms with Gasteiger partial charge in [-0.3, -0.25) is 0 Å². The minimum absolute atomic E-state index is 0.520. The Balaban J connectivity index is 2.54.